The third-order valence-corrected chi connectivity index (χ3v) is 14.9. The van der Waals surface area contributed by atoms with Crippen LogP contribution in [0.1, 0.15) is 96.5 Å². The summed E-state index contributed by atoms with van der Waals surface area (Å²) in [7, 11) is 0. The molecule has 7 aliphatic rings. The summed E-state index contributed by atoms with van der Waals surface area (Å²) in [6.45, 7) is 4.00. The molecule has 0 spiro atoms. The molecule has 9 heteroatoms. The Hall–Kier alpha value is -2.78. The van der Waals surface area contributed by atoms with Gasteiger partial charge in [-0.25, -0.2) is 9.98 Å². The second-order valence-corrected chi connectivity index (χ2v) is 17.6. The summed E-state index contributed by atoms with van der Waals surface area (Å²) in [5.41, 5.74) is 0.530. The molecule has 7 nitrogen and oxygen atoms in total. The van der Waals surface area contributed by atoms with Gasteiger partial charge in [0.25, 0.3) is 0 Å². The molecule has 0 N–H and O–H groups in total. The Morgan fingerprint density at radius 1 is 0.609 bits per heavy atom. The number of carbonyl (C=O) groups excluding carboxylic acids is 4. The van der Waals surface area contributed by atoms with E-state index in [-0.39, 0.29) is 58.2 Å². The third-order valence-electron chi connectivity index (χ3n) is 12.7. The molecule has 0 bridgehead atoms. The van der Waals surface area contributed by atoms with Gasteiger partial charge in [0, 0.05) is 35.3 Å². The Morgan fingerprint density at radius 3 is 1.43 bits per heavy atom. The van der Waals surface area contributed by atoms with Crippen molar-refractivity contribution < 1.29 is 23.9 Å². The van der Waals surface area contributed by atoms with Crippen LogP contribution in [0.2, 0.25) is 0 Å². The zero-order chi connectivity index (χ0) is 31.5. The highest BCUT2D eigenvalue weighted by Gasteiger charge is 2.53. The number of carbonyl (C=O) groups is 4. The van der Waals surface area contributed by atoms with Gasteiger partial charge in [-0.3, -0.25) is 19.2 Å². The van der Waals surface area contributed by atoms with Crippen molar-refractivity contribution in [2.45, 2.75) is 96.5 Å². The molecule has 0 radical (unpaired) electrons. The highest BCUT2D eigenvalue weighted by Crippen LogP contribution is 2.57. The van der Waals surface area contributed by atoms with Crippen LogP contribution in [0.3, 0.4) is 0 Å². The van der Waals surface area contributed by atoms with Crippen molar-refractivity contribution in [3.05, 3.63) is 17.7 Å². The number of thiophene rings is 2. The van der Waals surface area contributed by atoms with E-state index in [4.69, 9.17) is 14.7 Å². The molecular formula is C37H40N2O5S2. The largest absolute Gasteiger partial charge is 0.481 e. The van der Waals surface area contributed by atoms with Gasteiger partial charge in [-0.2, -0.15) is 0 Å². The van der Waals surface area contributed by atoms with Gasteiger partial charge in [0.2, 0.25) is 0 Å². The van der Waals surface area contributed by atoms with E-state index >= 15 is 0 Å². The van der Waals surface area contributed by atoms with Crippen LogP contribution in [-0.2, 0) is 24.8 Å². The van der Waals surface area contributed by atoms with Gasteiger partial charge in [0.05, 0.1) is 9.75 Å². The minimum absolute atomic E-state index is 0.0680. The molecule has 9 rings (SSSR count). The highest BCUT2D eigenvalue weighted by molar-refractivity contribution is 7.26. The van der Waals surface area contributed by atoms with E-state index < -0.39 is 5.60 Å². The highest BCUT2D eigenvalue weighted by atomic mass is 32.1. The number of nitrogens with zero attached hydrogens (tertiary/aromatic N) is 2. The summed E-state index contributed by atoms with van der Waals surface area (Å²) in [6.07, 6.45) is 12.9. The molecule has 2 aromatic heterocycles. The molecule has 6 aliphatic carbocycles. The van der Waals surface area contributed by atoms with Crippen LogP contribution in [-0.4, -0.2) is 34.6 Å². The first-order valence-corrected chi connectivity index (χ1v) is 19.1. The Balaban J connectivity index is 1.01. The van der Waals surface area contributed by atoms with Gasteiger partial charge in [0.1, 0.15) is 21.4 Å². The van der Waals surface area contributed by atoms with E-state index in [9.17, 15) is 19.2 Å². The van der Waals surface area contributed by atoms with Crippen molar-refractivity contribution in [2.24, 2.45) is 57.3 Å². The van der Waals surface area contributed by atoms with Crippen LogP contribution < -0.4 is 4.74 Å². The van der Waals surface area contributed by atoms with Crippen molar-refractivity contribution in [1.29, 1.82) is 0 Å². The Morgan fingerprint density at radius 2 is 1.00 bits per heavy atom. The average molecular weight is 657 g/mol. The van der Waals surface area contributed by atoms with E-state index in [1.54, 1.807) is 0 Å². The number of ketones is 4. The molecule has 6 fully saturated rings. The number of Topliss-reactive ketones (excluding diaryl/α,β-unsaturated/α-hetero) is 4. The summed E-state index contributed by atoms with van der Waals surface area (Å²) >= 11 is 2.88. The van der Waals surface area contributed by atoms with Gasteiger partial charge in [-0.05, 0) is 69.3 Å². The molecule has 8 unspecified atom stereocenters. The number of ether oxygens (including phenoxy) is 1. The van der Waals surface area contributed by atoms with Crippen LogP contribution in [0.5, 0.6) is 5.75 Å². The summed E-state index contributed by atoms with van der Waals surface area (Å²) in [6, 6.07) is 3.80. The molecule has 8 atom stereocenters. The minimum Gasteiger partial charge on any atom is -0.481 e. The lowest BCUT2D eigenvalue weighted by Crippen LogP contribution is -2.35. The molecule has 0 saturated heterocycles. The van der Waals surface area contributed by atoms with Gasteiger partial charge in [-0.15, -0.1) is 22.7 Å². The third kappa shape index (κ3) is 4.46. The quantitative estimate of drug-likeness (QED) is 0.324. The SMILES string of the molecule is CC1(C)Oc2cc(N=C3C(=O)C4CC5CCCCC5CC4C3=O)sc2-c2sc(N=C3C(=O)C4CC5CCCCC5CC4C3=O)cc21. The van der Waals surface area contributed by atoms with Crippen molar-refractivity contribution in [1.82, 2.24) is 0 Å². The maximum absolute atomic E-state index is 13.5. The van der Waals surface area contributed by atoms with E-state index in [1.165, 1.54) is 74.0 Å². The van der Waals surface area contributed by atoms with Crippen molar-refractivity contribution in [2.75, 3.05) is 0 Å². The maximum atomic E-state index is 13.5. The first kappa shape index (κ1) is 29.4. The molecular weight excluding hydrogens is 617 g/mol. The molecule has 0 aromatic carbocycles. The second kappa shape index (κ2) is 10.6. The van der Waals surface area contributed by atoms with Crippen LogP contribution in [0, 0.1) is 47.3 Å². The van der Waals surface area contributed by atoms with Gasteiger partial charge < -0.3 is 4.74 Å². The van der Waals surface area contributed by atoms with Crippen molar-refractivity contribution in [3.8, 4) is 15.5 Å². The summed E-state index contributed by atoms with van der Waals surface area (Å²) in [5.74, 6) is 1.80. The van der Waals surface area contributed by atoms with Crippen molar-refractivity contribution in [3.63, 3.8) is 0 Å². The van der Waals surface area contributed by atoms with Crippen LogP contribution >= 0.6 is 22.7 Å². The predicted octanol–water partition coefficient (Wildman–Crippen LogP) is 8.22. The fraction of sp³-hybridized carbons (Fsp3) is 0.622. The number of aliphatic imine (C=N–C) groups is 2. The van der Waals surface area contributed by atoms with Gasteiger partial charge in [0.15, 0.2) is 34.6 Å². The molecule has 6 saturated carbocycles. The molecule has 1 aliphatic heterocycles. The smallest absolute Gasteiger partial charge is 0.188 e. The fourth-order valence-electron chi connectivity index (χ4n) is 10.3. The Labute approximate surface area is 277 Å². The van der Waals surface area contributed by atoms with Crippen LogP contribution in [0.25, 0.3) is 9.75 Å². The first-order chi connectivity index (χ1) is 22.2. The molecule has 240 valence electrons. The monoisotopic (exact) mass is 656 g/mol. The number of hydrogen-bond donors (Lipinski definition) is 0. The Bertz CT molecular complexity index is 1690. The number of fused-ring (bicyclic) bond motifs is 7. The lowest BCUT2D eigenvalue weighted by atomic mass is 9.64. The summed E-state index contributed by atoms with van der Waals surface area (Å²) < 4.78 is 6.46. The van der Waals surface area contributed by atoms with E-state index in [2.05, 4.69) is 0 Å². The topological polar surface area (TPSA) is 102 Å². The number of rotatable bonds is 2. The second-order valence-electron chi connectivity index (χ2n) is 15.6. The first-order valence-electron chi connectivity index (χ1n) is 17.5. The standard InChI is InChI=1S/C37H40N2O5S2/c1-37(2)25-15-27(38-29-31(40)21-11-17-7-3-4-8-18(17)12-22(21)32(29)41)45-35(25)36-26(44-37)16-28(46-36)39-30-33(42)23-13-19-9-5-6-10-20(19)14-24(23)34(30)43/h15-24H,3-14H2,1-2H3. The van der Waals surface area contributed by atoms with E-state index in [0.29, 0.717) is 39.4 Å². The van der Waals surface area contributed by atoms with Gasteiger partial charge in [-0.1, -0.05) is 51.4 Å². The normalized spacial score (nSPS) is 35.9. The van der Waals surface area contributed by atoms with E-state index in [1.807, 2.05) is 26.0 Å². The minimum atomic E-state index is -0.666. The maximum Gasteiger partial charge on any atom is 0.188 e. The van der Waals surface area contributed by atoms with E-state index in [0.717, 1.165) is 41.0 Å². The molecule has 3 heterocycles. The number of hydrogen-bond acceptors (Lipinski definition) is 9. The fourth-order valence-corrected chi connectivity index (χ4v) is 12.6. The molecule has 0 amide bonds. The Kier molecular flexibility index (Phi) is 6.77. The molecule has 2 aromatic rings. The van der Waals surface area contributed by atoms with Crippen molar-refractivity contribution >= 4 is 67.2 Å². The summed E-state index contributed by atoms with van der Waals surface area (Å²) in [4.78, 5) is 65.5. The lowest BCUT2D eigenvalue weighted by molar-refractivity contribution is -0.123. The zero-order valence-electron chi connectivity index (χ0n) is 26.5. The molecule has 46 heavy (non-hydrogen) atoms. The predicted molar refractivity (Wildman–Crippen MR) is 179 cm³/mol. The summed E-state index contributed by atoms with van der Waals surface area (Å²) in [5, 5.41) is 1.23. The zero-order valence-corrected chi connectivity index (χ0v) is 28.1. The average Bonchev–Trinajstić information content (AvgIpc) is 3.77. The lowest BCUT2D eigenvalue weighted by Gasteiger charge is -2.39. The van der Waals surface area contributed by atoms with Gasteiger partial charge >= 0.3 is 0 Å². The van der Waals surface area contributed by atoms with Crippen LogP contribution in [0.15, 0.2) is 22.1 Å². The van der Waals surface area contributed by atoms with Crippen LogP contribution in [0.4, 0.5) is 10.0 Å².